The molecule has 1 aromatic carbocycles. The summed E-state index contributed by atoms with van der Waals surface area (Å²) < 4.78 is 5.14. The smallest absolute Gasteiger partial charge is 0.245 e. The van der Waals surface area contributed by atoms with Crippen molar-refractivity contribution < 1.29 is 14.3 Å². The Morgan fingerprint density at radius 2 is 1.96 bits per heavy atom. The monoisotopic (exact) mass is 332 g/mol. The highest BCUT2D eigenvalue weighted by Gasteiger charge is 2.45. The predicted molar refractivity (Wildman–Crippen MR) is 93.9 cm³/mol. The number of carbonyl (C=O) groups excluding carboxylic acids is 2. The lowest BCUT2D eigenvalue weighted by Gasteiger charge is -2.34. The van der Waals surface area contributed by atoms with Gasteiger partial charge in [0.05, 0.1) is 13.5 Å². The molecule has 5 heteroatoms. The van der Waals surface area contributed by atoms with Crippen LogP contribution >= 0.6 is 0 Å². The Hall–Kier alpha value is -2.04. The first-order valence-electron chi connectivity index (χ1n) is 8.58. The minimum Gasteiger partial charge on any atom is -0.497 e. The number of nitrogens with zero attached hydrogens (tertiary/aromatic N) is 1. The van der Waals surface area contributed by atoms with Crippen molar-refractivity contribution in [3.05, 3.63) is 29.8 Å². The molecule has 1 aromatic rings. The highest BCUT2D eigenvalue weighted by Crippen LogP contribution is 2.30. The maximum atomic E-state index is 12.7. The molecule has 24 heavy (non-hydrogen) atoms. The maximum absolute atomic E-state index is 12.7. The van der Waals surface area contributed by atoms with Gasteiger partial charge >= 0.3 is 0 Å². The first-order chi connectivity index (χ1) is 11.4. The zero-order valence-corrected chi connectivity index (χ0v) is 15.1. The minimum absolute atomic E-state index is 0.000126. The Morgan fingerprint density at radius 1 is 1.29 bits per heavy atom. The highest BCUT2D eigenvalue weighted by molar-refractivity contribution is 5.92. The molecular weight excluding hydrogens is 304 g/mol. The van der Waals surface area contributed by atoms with E-state index in [0.717, 1.165) is 17.7 Å². The van der Waals surface area contributed by atoms with Crippen molar-refractivity contribution in [2.45, 2.75) is 45.6 Å². The van der Waals surface area contributed by atoms with Gasteiger partial charge in [0, 0.05) is 13.1 Å². The summed E-state index contributed by atoms with van der Waals surface area (Å²) in [5.74, 6) is 1.12. The van der Waals surface area contributed by atoms with Gasteiger partial charge in [0.1, 0.15) is 11.3 Å². The SMILES string of the molecule is COc1ccc(CC(=O)N2CCCC2(C)C(=O)NCC(C)C)cc1. The van der Waals surface area contributed by atoms with Gasteiger partial charge in [0.2, 0.25) is 11.8 Å². The van der Waals surface area contributed by atoms with Gasteiger partial charge in [-0.3, -0.25) is 9.59 Å². The van der Waals surface area contributed by atoms with Gasteiger partial charge in [-0.15, -0.1) is 0 Å². The summed E-state index contributed by atoms with van der Waals surface area (Å²) in [6.07, 6.45) is 1.88. The van der Waals surface area contributed by atoms with Crippen LogP contribution in [-0.2, 0) is 16.0 Å². The van der Waals surface area contributed by atoms with Crippen molar-refractivity contribution in [2.75, 3.05) is 20.2 Å². The fourth-order valence-electron chi connectivity index (χ4n) is 3.10. The van der Waals surface area contributed by atoms with Crippen molar-refractivity contribution in [1.82, 2.24) is 10.2 Å². The van der Waals surface area contributed by atoms with Gasteiger partial charge in [-0.05, 0) is 43.4 Å². The lowest BCUT2D eigenvalue weighted by atomic mass is 9.96. The quantitative estimate of drug-likeness (QED) is 0.870. The van der Waals surface area contributed by atoms with Crippen LogP contribution in [0.5, 0.6) is 5.75 Å². The third kappa shape index (κ3) is 4.08. The van der Waals surface area contributed by atoms with Crippen molar-refractivity contribution in [3.63, 3.8) is 0 Å². The molecule has 0 saturated carbocycles. The first kappa shape index (κ1) is 18.3. The molecule has 5 nitrogen and oxygen atoms in total. The van der Waals surface area contributed by atoms with E-state index >= 15 is 0 Å². The van der Waals surface area contributed by atoms with Crippen LogP contribution < -0.4 is 10.1 Å². The van der Waals surface area contributed by atoms with E-state index in [2.05, 4.69) is 19.2 Å². The van der Waals surface area contributed by atoms with Crippen LogP contribution in [-0.4, -0.2) is 42.5 Å². The van der Waals surface area contributed by atoms with Crippen LogP contribution in [0, 0.1) is 5.92 Å². The molecule has 1 N–H and O–H groups in total. The number of ether oxygens (including phenoxy) is 1. The van der Waals surface area contributed by atoms with Gasteiger partial charge in [-0.2, -0.15) is 0 Å². The van der Waals surface area contributed by atoms with Crippen LogP contribution in [0.4, 0.5) is 0 Å². The zero-order chi connectivity index (χ0) is 17.7. The maximum Gasteiger partial charge on any atom is 0.245 e. The minimum atomic E-state index is -0.738. The van der Waals surface area contributed by atoms with Crippen LogP contribution in [0.25, 0.3) is 0 Å². The summed E-state index contributed by atoms with van der Waals surface area (Å²) in [5, 5.41) is 2.98. The second-order valence-electron chi connectivity index (χ2n) is 7.05. The van der Waals surface area contributed by atoms with E-state index in [1.165, 1.54) is 0 Å². The molecule has 0 aromatic heterocycles. The Bertz CT molecular complexity index is 583. The van der Waals surface area contributed by atoms with Crippen LogP contribution in [0.3, 0.4) is 0 Å². The number of hydrogen-bond donors (Lipinski definition) is 1. The lowest BCUT2D eigenvalue weighted by Crippen LogP contribution is -2.56. The number of methoxy groups -OCH3 is 1. The fourth-order valence-corrected chi connectivity index (χ4v) is 3.10. The van der Waals surface area contributed by atoms with Gasteiger partial charge in [0.15, 0.2) is 0 Å². The van der Waals surface area contributed by atoms with Crippen molar-refractivity contribution in [3.8, 4) is 5.75 Å². The first-order valence-corrected chi connectivity index (χ1v) is 8.58. The molecule has 1 heterocycles. The molecule has 1 atom stereocenters. The summed E-state index contributed by atoms with van der Waals surface area (Å²) in [6, 6.07) is 7.48. The summed E-state index contributed by atoms with van der Waals surface area (Å²) in [5.41, 5.74) is 0.191. The molecule has 132 valence electrons. The molecule has 2 rings (SSSR count). The predicted octanol–water partition coefficient (Wildman–Crippen LogP) is 2.39. The van der Waals surface area contributed by atoms with Gasteiger partial charge in [0.25, 0.3) is 0 Å². The third-order valence-electron chi connectivity index (χ3n) is 4.62. The largest absolute Gasteiger partial charge is 0.497 e. The molecular formula is C19H28N2O3. The third-order valence-corrected chi connectivity index (χ3v) is 4.62. The van der Waals surface area contributed by atoms with E-state index < -0.39 is 5.54 Å². The summed E-state index contributed by atoms with van der Waals surface area (Å²) >= 11 is 0. The fraction of sp³-hybridized carbons (Fsp3) is 0.579. The number of nitrogens with one attached hydrogen (secondary N) is 1. The molecule has 2 amide bonds. The average Bonchev–Trinajstić information content (AvgIpc) is 2.96. The Balaban J connectivity index is 2.04. The second-order valence-corrected chi connectivity index (χ2v) is 7.05. The standard InChI is InChI=1S/C19H28N2O3/c1-14(2)13-20-18(23)19(3)10-5-11-21(19)17(22)12-15-6-8-16(24-4)9-7-15/h6-9,14H,5,10-13H2,1-4H3,(H,20,23). The Morgan fingerprint density at radius 3 is 2.54 bits per heavy atom. The molecule has 0 bridgehead atoms. The van der Waals surface area contributed by atoms with E-state index in [9.17, 15) is 9.59 Å². The summed E-state index contributed by atoms with van der Waals surface area (Å²) in [7, 11) is 1.62. The Labute approximate surface area is 144 Å². The van der Waals surface area contributed by atoms with E-state index in [1.54, 1.807) is 12.0 Å². The van der Waals surface area contributed by atoms with Gasteiger partial charge < -0.3 is 15.0 Å². The van der Waals surface area contributed by atoms with E-state index in [1.807, 2.05) is 31.2 Å². The van der Waals surface area contributed by atoms with Crippen molar-refractivity contribution in [2.24, 2.45) is 5.92 Å². The summed E-state index contributed by atoms with van der Waals surface area (Å²) in [6.45, 7) is 7.27. The number of amides is 2. The number of hydrogen-bond acceptors (Lipinski definition) is 3. The van der Waals surface area contributed by atoms with Crippen molar-refractivity contribution >= 4 is 11.8 Å². The van der Waals surface area contributed by atoms with E-state index in [-0.39, 0.29) is 11.8 Å². The van der Waals surface area contributed by atoms with Crippen LogP contribution in [0.2, 0.25) is 0 Å². The summed E-state index contributed by atoms with van der Waals surface area (Å²) in [4.78, 5) is 27.1. The van der Waals surface area contributed by atoms with Crippen LogP contribution in [0.15, 0.2) is 24.3 Å². The zero-order valence-electron chi connectivity index (χ0n) is 15.1. The van der Waals surface area contributed by atoms with Gasteiger partial charge in [-0.1, -0.05) is 26.0 Å². The lowest BCUT2D eigenvalue weighted by molar-refractivity contribution is -0.143. The number of carbonyl (C=O) groups is 2. The molecule has 0 radical (unpaired) electrons. The van der Waals surface area contributed by atoms with Crippen LogP contribution in [0.1, 0.15) is 39.2 Å². The number of likely N-dealkylation sites (tertiary alicyclic amines) is 1. The molecule has 1 saturated heterocycles. The molecule has 0 spiro atoms. The Kier molecular flexibility index (Phi) is 5.86. The molecule has 1 unspecified atom stereocenters. The van der Waals surface area contributed by atoms with Crippen molar-refractivity contribution in [1.29, 1.82) is 0 Å². The van der Waals surface area contributed by atoms with Gasteiger partial charge in [-0.25, -0.2) is 0 Å². The molecule has 1 aliphatic rings. The number of rotatable bonds is 6. The van der Waals surface area contributed by atoms with E-state index in [4.69, 9.17) is 4.74 Å². The molecule has 1 fully saturated rings. The topological polar surface area (TPSA) is 58.6 Å². The molecule has 1 aliphatic heterocycles. The van der Waals surface area contributed by atoms with E-state index in [0.29, 0.717) is 31.8 Å². The number of benzene rings is 1. The average molecular weight is 332 g/mol. The highest BCUT2D eigenvalue weighted by atomic mass is 16.5. The normalized spacial score (nSPS) is 20.3. The molecule has 0 aliphatic carbocycles. The second kappa shape index (κ2) is 7.69.